The molecule has 0 atom stereocenters. The van der Waals surface area contributed by atoms with Crippen molar-refractivity contribution in [3.63, 3.8) is 0 Å². The number of carbonyl (C=O) groups is 1. The molecule has 0 bridgehead atoms. The van der Waals surface area contributed by atoms with Gasteiger partial charge in [0.05, 0.1) is 0 Å². The molecule has 5 heteroatoms. The van der Waals surface area contributed by atoms with Gasteiger partial charge in [-0.2, -0.15) is 0 Å². The molecular weight excluding hydrogens is 256 g/mol. The Bertz CT molecular complexity index is 624. The maximum absolute atomic E-state index is 11.7. The first kappa shape index (κ1) is 14.4. The van der Waals surface area contributed by atoms with Gasteiger partial charge in [0.1, 0.15) is 11.1 Å². The summed E-state index contributed by atoms with van der Waals surface area (Å²) in [7, 11) is 0. The molecule has 20 heavy (non-hydrogen) atoms. The van der Waals surface area contributed by atoms with Crippen molar-refractivity contribution in [3.05, 3.63) is 24.1 Å². The second kappa shape index (κ2) is 5.15. The van der Waals surface area contributed by atoms with Crippen molar-refractivity contribution in [1.82, 2.24) is 4.98 Å². The van der Waals surface area contributed by atoms with Gasteiger partial charge in [0.2, 0.25) is 0 Å². The summed E-state index contributed by atoms with van der Waals surface area (Å²) < 4.78 is 10.8. The zero-order valence-electron chi connectivity index (χ0n) is 12.5. The van der Waals surface area contributed by atoms with Crippen LogP contribution in [-0.2, 0) is 4.74 Å². The van der Waals surface area contributed by atoms with E-state index in [4.69, 9.17) is 9.15 Å². The van der Waals surface area contributed by atoms with Gasteiger partial charge in [0, 0.05) is 11.6 Å². The number of nitrogens with zero attached hydrogens (tertiary/aromatic N) is 1. The summed E-state index contributed by atoms with van der Waals surface area (Å²) in [4.78, 5) is 16.1. The topological polar surface area (TPSA) is 64.4 Å². The van der Waals surface area contributed by atoms with E-state index in [2.05, 4.69) is 10.3 Å². The van der Waals surface area contributed by atoms with Crippen LogP contribution in [0.4, 0.5) is 10.5 Å². The van der Waals surface area contributed by atoms with Crippen LogP contribution < -0.4 is 5.32 Å². The second-order valence-electron chi connectivity index (χ2n) is 6.02. The molecule has 2 rings (SSSR count). The number of hydrogen-bond donors (Lipinski definition) is 1. The van der Waals surface area contributed by atoms with Crippen LogP contribution in [0.5, 0.6) is 0 Å². The first-order chi connectivity index (χ1) is 9.24. The zero-order valence-corrected chi connectivity index (χ0v) is 12.5. The van der Waals surface area contributed by atoms with E-state index in [0.29, 0.717) is 17.2 Å². The normalized spacial score (nSPS) is 11.9. The fraction of sp³-hybridized carbons (Fsp3) is 0.467. The van der Waals surface area contributed by atoms with Crippen LogP contribution in [0.2, 0.25) is 0 Å². The monoisotopic (exact) mass is 276 g/mol. The van der Waals surface area contributed by atoms with E-state index in [1.165, 1.54) is 0 Å². The van der Waals surface area contributed by atoms with Crippen LogP contribution in [0.1, 0.15) is 46.4 Å². The Morgan fingerprint density at radius 1 is 1.35 bits per heavy atom. The number of benzene rings is 1. The highest BCUT2D eigenvalue weighted by molar-refractivity contribution is 5.88. The molecule has 0 spiro atoms. The molecular formula is C15H20N2O3. The number of nitrogens with one attached hydrogen (secondary N) is 1. The number of hydrogen-bond acceptors (Lipinski definition) is 4. The molecule has 5 nitrogen and oxygen atoms in total. The van der Waals surface area contributed by atoms with Gasteiger partial charge in [-0.1, -0.05) is 13.8 Å². The summed E-state index contributed by atoms with van der Waals surface area (Å²) in [5.74, 6) is 0.916. The third-order valence-electron chi connectivity index (χ3n) is 2.54. The number of oxazole rings is 1. The zero-order chi connectivity index (χ0) is 14.9. The summed E-state index contributed by atoms with van der Waals surface area (Å²) in [5.41, 5.74) is 1.55. The number of aromatic nitrogens is 1. The smallest absolute Gasteiger partial charge is 0.412 e. The minimum Gasteiger partial charge on any atom is -0.444 e. The molecule has 1 aromatic heterocycles. The van der Waals surface area contributed by atoms with E-state index in [-0.39, 0.29) is 5.92 Å². The van der Waals surface area contributed by atoms with Crippen molar-refractivity contribution in [2.24, 2.45) is 0 Å². The van der Waals surface area contributed by atoms with E-state index in [9.17, 15) is 4.79 Å². The molecule has 1 aromatic carbocycles. The SMILES string of the molecule is CC(C)c1nc2cc(NC(=O)OC(C)(C)C)ccc2o1. The fourth-order valence-corrected chi connectivity index (χ4v) is 1.69. The van der Waals surface area contributed by atoms with Crippen LogP contribution in [0.25, 0.3) is 11.1 Å². The molecule has 0 fully saturated rings. The van der Waals surface area contributed by atoms with Crippen LogP contribution >= 0.6 is 0 Å². The van der Waals surface area contributed by atoms with E-state index in [0.717, 1.165) is 5.52 Å². The molecule has 0 unspecified atom stereocenters. The van der Waals surface area contributed by atoms with E-state index < -0.39 is 11.7 Å². The molecule has 0 radical (unpaired) electrons. The Morgan fingerprint density at radius 2 is 2.05 bits per heavy atom. The third kappa shape index (κ3) is 3.50. The summed E-state index contributed by atoms with van der Waals surface area (Å²) >= 11 is 0. The summed E-state index contributed by atoms with van der Waals surface area (Å²) in [6, 6.07) is 5.33. The van der Waals surface area contributed by atoms with Crippen molar-refractivity contribution < 1.29 is 13.9 Å². The molecule has 0 saturated heterocycles. The number of amides is 1. The molecule has 0 aliphatic rings. The molecule has 1 N–H and O–H groups in total. The first-order valence-corrected chi connectivity index (χ1v) is 6.65. The van der Waals surface area contributed by atoms with E-state index in [1.54, 1.807) is 18.2 Å². The quantitative estimate of drug-likeness (QED) is 0.888. The predicted octanol–water partition coefficient (Wildman–Crippen LogP) is 4.30. The van der Waals surface area contributed by atoms with E-state index in [1.807, 2.05) is 34.6 Å². The maximum atomic E-state index is 11.7. The summed E-state index contributed by atoms with van der Waals surface area (Å²) in [6.07, 6.45) is -0.482. The van der Waals surface area contributed by atoms with Gasteiger partial charge in [-0.05, 0) is 39.0 Å². The van der Waals surface area contributed by atoms with Crippen molar-refractivity contribution in [1.29, 1.82) is 0 Å². The summed E-state index contributed by atoms with van der Waals surface area (Å²) in [6.45, 7) is 9.50. The molecule has 1 amide bonds. The number of carbonyl (C=O) groups excluding carboxylic acids is 1. The lowest BCUT2D eigenvalue weighted by atomic mass is 10.2. The van der Waals surface area contributed by atoms with E-state index >= 15 is 0 Å². The molecule has 0 aliphatic heterocycles. The average molecular weight is 276 g/mol. The Labute approximate surface area is 118 Å². The minimum absolute atomic E-state index is 0.227. The fourth-order valence-electron chi connectivity index (χ4n) is 1.69. The van der Waals surface area contributed by atoms with Crippen LogP contribution in [0, 0.1) is 0 Å². The highest BCUT2D eigenvalue weighted by Crippen LogP contribution is 2.24. The number of fused-ring (bicyclic) bond motifs is 1. The Kier molecular flexibility index (Phi) is 3.70. The number of ether oxygens (including phenoxy) is 1. The van der Waals surface area contributed by atoms with Gasteiger partial charge in [0.15, 0.2) is 11.5 Å². The van der Waals surface area contributed by atoms with Crippen molar-refractivity contribution >= 4 is 22.9 Å². The molecule has 0 saturated carbocycles. The van der Waals surface area contributed by atoms with Crippen molar-refractivity contribution in [2.75, 3.05) is 5.32 Å². The number of anilines is 1. The molecule has 0 aliphatic carbocycles. The number of rotatable bonds is 2. The molecule has 2 aromatic rings. The first-order valence-electron chi connectivity index (χ1n) is 6.65. The van der Waals surface area contributed by atoms with Gasteiger partial charge < -0.3 is 9.15 Å². The highest BCUT2D eigenvalue weighted by atomic mass is 16.6. The predicted molar refractivity (Wildman–Crippen MR) is 78.0 cm³/mol. The maximum Gasteiger partial charge on any atom is 0.412 e. The second-order valence-corrected chi connectivity index (χ2v) is 6.02. The van der Waals surface area contributed by atoms with Crippen LogP contribution in [-0.4, -0.2) is 16.7 Å². The van der Waals surface area contributed by atoms with Crippen LogP contribution in [0.15, 0.2) is 22.6 Å². The van der Waals surface area contributed by atoms with Gasteiger partial charge in [-0.15, -0.1) is 0 Å². The van der Waals surface area contributed by atoms with Gasteiger partial charge >= 0.3 is 6.09 Å². The van der Waals surface area contributed by atoms with Crippen LogP contribution in [0.3, 0.4) is 0 Å². The Morgan fingerprint density at radius 3 is 2.65 bits per heavy atom. The van der Waals surface area contributed by atoms with Crippen molar-refractivity contribution in [2.45, 2.75) is 46.1 Å². The molecule has 108 valence electrons. The molecule has 1 heterocycles. The lowest BCUT2D eigenvalue weighted by Gasteiger charge is -2.19. The average Bonchev–Trinajstić information content (AvgIpc) is 2.69. The van der Waals surface area contributed by atoms with Gasteiger partial charge in [0.25, 0.3) is 0 Å². The van der Waals surface area contributed by atoms with Gasteiger partial charge in [-0.3, -0.25) is 5.32 Å². The standard InChI is InChI=1S/C15H20N2O3/c1-9(2)13-17-11-8-10(6-7-12(11)19-13)16-14(18)20-15(3,4)5/h6-9H,1-5H3,(H,16,18). The lowest BCUT2D eigenvalue weighted by molar-refractivity contribution is 0.0636. The highest BCUT2D eigenvalue weighted by Gasteiger charge is 2.16. The Balaban J connectivity index is 2.17. The summed E-state index contributed by atoms with van der Waals surface area (Å²) in [5, 5.41) is 2.69. The third-order valence-corrected chi connectivity index (χ3v) is 2.54. The minimum atomic E-state index is -0.521. The Hall–Kier alpha value is -2.04. The van der Waals surface area contributed by atoms with Crippen molar-refractivity contribution in [3.8, 4) is 0 Å². The lowest BCUT2D eigenvalue weighted by Crippen LogP contribution is -2.27. The largest absolute Gasteiger partial charge is 0.444 e. The van der Waals surface area contributed by atoms with Gasteiger partial charge in [-0.25, -0.2) is 9.78 Å².